The van der Waals surface area contributed by atoms with Crippen molar-refractivity contribution < 1.29 is 0 Å². The summed E-state index contributed by atoms with van der Waals surface area (Å²) in [6.45, 7) is 10.0. The van der Waals surface area contributed by atoms with Gasteiger partial charge in [0, 0.05) is 12.1 Å². The summed E-state index contributed by atoms with van der Waals surface area (Å²) in [5, 5.41) is 3.57. The average molecular weight is 227 g/mol. The van der Waals surface area contributed by atoms with Gasteiger partial charge in [0.2, 0.25) is 0 Å². The average Bonchev–Trinajstić information content (AvgIpc) is 2.63. The van der Waals surface area contributed by atoms with Gasteiger partial charge in [-0.2, -0.15) is 11.8 Å². The Hall–Kier alpha value is 0.0500. The van der Waals surface area contributed by atoms with Crippen LogP contribution in [0, 0.1) is 5.92 Å². The number of thioether (sulfide) groups is 1. The lowest BCUT2D eigenvalue weighted by Gasteiger charge is -2.22. The van der Waals surface area contributed by atoms with Gasteiger partial charge in [0.1, 0.15) is 0 Å². The van der Waals surface area contributed by atoms with Crippen LogP contribution in [0.2, 0.25) is 0 Å². The Balaban J connectivity index is 2.40. The minimum Gasteiger partial charge on any atom is -0.308 e. The molecule has 1 N–H and O–H groups in total. The second-order valence-electron chi connectivity index (χ2n) is 5.41. The first-order valence-electron chi connectivity index (χ1n) is 6.03. The molecule has 1 aliphatic heterocycles. The van der Waals surface area contributed by atoms with E-state index in [9.17, 15) is 0 Å². The number of hydrogen-bond acceptors (Lipinski definition) is 2. The fourth-order valence-electron chi connectivity index (χ4n) is 1.70. The molecule has 15 heavy (non-hydrogen) atoms. The highest BCUT2D eigenvalue weighted by Gasteiger charge is 2.14. The molecule has 0 saturated carbocycles. The lowest BCUT2D eigenvalue weighted by Crippen LogP contribution is -2.37. The van der Waals surface area contributed by atoms with E-state index in [4.69, 9.17) is 0 Å². The van der Waals surface area contributed by atoms with E-state index in [-0.39, 0.29) is 5.54 Å². The molecule has 0 aromatic heterocycles. The van der Waals surface area contributed by atoms with Crippen molar-refractivity contribution in [1.82, 2.24) is 5.32 Å². The van der Waals surface area contributed by atoms with Gasteiger partial charge >= 0.3 is 0 Å². The maximum absolute atomic E-state index is 3.57. The molecule has 0 aromatic rings. The van der Waals surface area contributed by atoms with E-state index in [1.807, 2.05) is 0 Å². The topological polar surface area (TPSA) is 12.0 Å². The number of hydrogen-bond donors (Lipinski definition) is 1. The molecule has 1 saturated heterocycles. The molecule has 0 bridgehead atoms. The molecule has 88 valence electrons. The van der Waals surface area contributed by atoms with Gasteiger partial charge in [0.05, 0.1) is 0 Å². The predicted octanol–water partition coefficient (Wildman–Crippen LogP) is 3.46. The van der Waals surface area contributed by atoms with Crippen molar-refractivity contribution >= 4 is 11.8 Å². The van der Waals surface area contributed by atoms with Crippen LogP contribution in [0.1, 0.15) is 40.5 Å². The van der Waals surface area contributed by atoms with Crippen LogP contribution in [0.25, 0.3) is 0 Å². The Morgan fingerprint density at radius 3 is 2.67 bits per heavy atom. The summed E-state index contributed by atoms with van der Waals surface area (Å²) < 4.78 is 0. The SMILES string of the molecule is CCC(=CC1CCSC1)CNC(C)(C)C. The molecule has 0 radical (unpaired) electrons. The highest BCUT2D eigenvalue weighted by molar-refractivity contribution is 7.99. The Morgan fingerprint density at radius 2 is 2.20 bits per heavy atom. The van der Waals surface area contributed by atoms with Crippen molar-refractivity contribution in [2.24, 2.45) is 5.92 Å². The van der Waals surface area contributed by atoms with Crippen LogP contribution in [0.4, 0.5) is 0 Å². The van der Waals surface area contributed by atoms with Crippen LogP contribution in [-0.4, -0.2) is 23.6 Å². The smallest absolute Gasteiger partial charge is 0.0169 e. The van der Waals surface area contributed by atoms with Crippen molar-refractivity contribution in [1.29, 1.82) is 0 Å². The van der Waals surface area contributed by atoms with Gasteiger partial charge in [0.15, 0.2) is 0 Å². The fraction of sp³-hybridized carbons (Fsp3) is 0.846. The lowest BCUT2D eigenvalue weighted by molar-refractivity contribution is 0.441. The van der Waals surface area contributed by atoms with Gasteiger partial charge in [-0.3, -0.25) is 0 Å². The number of allylic oxidation sites excluding steroid dienone is 1. The first kappa shape index (κ1) is 13.1. The summed E-state index contributed by atoms with van der Waals surface area (Å²) >= 11 is 2.09. The van der Waals surface area contributed by atoms with Crippen LogP contribution in [0.3, 0.4) is 0 Å². The number of nitrogens with one attached hydrogen (secondary N) is 1. The van der Waals surface area contributed by atoms with E-state index in [2.05, 4.69) is 50.8 Å². The minimum absolute atomic E-state index is 0.235. The molecule has 0 aliphatic carbocycles. The van der Waals surface area contributed by atoms with E-state index in [1.54, 1.807) is 5.57 Å². The molecule has 1 rings (SSSR count). The Labute approximate surface area is 99.1 Å². The van der Waals surface area contributed by atoms with Crippen molar-refractivity contribution in [2.75, 3.05) is 18.1 Å². The molecular formula is C13H25NS. The molecule has 1 aliphatic rings. The fourth-order valence-corrected chi connectivity index (χ4v) is 2.90. The lowest BCUT2D eigenvalue weighted by atomic mass is 10.0. The summed E-state index contributed by atoms with van der Waals surface area (Å²) in [5.74, 6) is 3.52. The third-order valence-electron chi connectivity index (χ3n) is 2.74. The zero-order valence-corrected chi connectivity index (χ0v) is 11.4. The molecule has 0 amide bonds. The molecular weight excluding hydrogens is 202 g/mol. The Morgan fingerprint density at radius 1 is 1.47 bits per heavy atom. The van der Waals surface area contributed by atoms with E-state index >= 15 is 0 Å². The van der Waals surface area contributed by atoms with E-state index in [0.29, 0.717) is 0 Å². The van der Waals surface area contributed by atoms with Gasteiger partial charge in [-0.05, 0) is 51.0 Å². The van der Waals surface area contributed by atoms with E-state index < -0.39 is 0 Å². The Bertz CT molecular complexity index is 209. The Kier molecular flexibility index (Phi) is 5.20. The summed E-state index contributed by atoms with van der Waals surface area (Å²) in [6, 6.07) is 0. The van der Waals surface area contributed by atoms with Crippen LogP contribution in [-0.2, 0) is 0 Å². The summed E-state index contributed by atoms with van der Waals surface area (Å²) in [5.41, 5.74) is 1.82. The highest BCUT2D eigenvalue weighted by Crippen LogP contribution is 2.25. The molecule has 1 unspecified atom stereocenters. The largest absolute Gasteiger partial charge is 0.308 e. The molecule has 0 aromatic carbocycles. The van der Waals surface area contributed by atoms with Crippen LogP contribution < -0.4 is 5.32 Å². The third kappa shape index (κ3) is 5.62. The first-order chi connectivity index (χ1) is 7.01. The standard InChI is InChI=1S/C13H25NS/c1-5-11(9-14-13(2,3)4)8-12-6-7-15-10-12/h8,12,14H,5-7,9-10H2,1-4H3. The second-order valence-corrected chi connectivity index (χ2v) is 6.56. The minimum atomic E-state index is 0.235. The second kappa shape index (κ2) is 5.95. The van der Waals surface area contributed by atoms with Crippen LogP contribution in [0.15, 0.2) is 11.6 Å². The first-order valence-corrected chi connectivity index (χ1v) is 7.19. The van der Waals surface area contributed by atoms with Gasteiger partial charge in [0.25, 0.3) is 0 Å². The summed E-state index contributed by atoms with van der Waals surface area (Å²) in [4.78, 5) is 0. The van der Waals surface area contributed by atoms with Gasteiger partial charge in [-0.25, -0.2) is 0 Å². The maximum Gasteiger partial charge on any atom is 0.0169 e. The summed E-state index contributed by atoms with van der Waals surface area (Å²) in [6.07, 6.45) is 5.08. The monoisotopic (exact) mass is 227 g/mol. The molecule has 0 spiro atoms. The van der Waals surface area contributed by atoms with E-state index in [0.717, 1.165) is 12.5 Å². The normalized spacial score (nSPS) is 23.5. The highest BCUT2D eigenvalue weighted by atomic mass is 32.2. The van der Waals surface area contributed by atoms with Gasteiger partial charge in [-0.1, -0.05) is 18.6 Å². The van der Waals surface area contributed by atoms with Gasteiger partial charge in [-0.15, -0.1) is 0 Å². The molecule has 1 fully saturated rings. The van der Waals surface area contributed by atoms with E-state index in [1.165, 1.54) is 24.3 Å². The number of rotatable bonds is 4. The quantitative estimate of drug-likeness (QED) is 0.738. The summed E-state index contributed by atoms with van der Waals surface area (Å²) in [7, 11) is 0. The van der Waals surface area contributed by atoms with Crippen LogP contribution >= 0.6 is 11.8 Å². The van der Waals surface area contributed by atoms with Crippen molar-refractivity contribution in [2.45, 2.75) is 46.1 Å². The molecule has 2 heteroatoms. The van der Waals surface area contributed by atoms with Crippen molar-refractivity contribution in [3.63, 3.8) is 0 Å². The molecule has 1 nitrogen and oxygen atoms in total. The molecule has 1 heterocycles. The third-order valence-corrected chi connectivity index (χ3v) is 3.92. The van der Waals surface area contributed by atoms with Crippen molar-refractivity contribution in [3.05, 3.63) is 11.6 Å². The van der Waals surface area contributed by atoms with Crippen molar-refractivity contribution in [3.8, 4) is 0 Å². The van der Waals surface area contributed by atoms with Gasteiger partial charge < -0.3 is 5.32 Å². The zero-order valence-electron chi connectivity index (χ0n) is 10.6. The maximum atomic E-state index is 3.57. The zero-order chi connectivity index (χ0) is 11.3. The van der Waals surface area contributed by atoms with Crippen LogP contribution in [0.5, 0.6) is 0 Å². The predicted molar refractivity (Wildman–Crippen MR) is 71.6 cm³/mol. The molecule has 1 atom stereocenters.